The number of anilines is 1. The summed E-state index contributed by atoms with van der Waals surface area (Å²) < 4.78 is 9.37. The van der Waals surface area contributed by atoms with Crippen LogP contribution in [0.15, 0.2) is 30.0 Å². The van der Waals surface area contributed by atoms with Crippen LogP contribution in [0.5, 0.6) is 11.5 Å². The van der Waals surface area contributed by atoms with Crippen molar-refractivity contribution in [3.8, 4) is 11.5 Å². The van der Waals surface area contributed by atoms with E-state index in [1.165, 1.54) is 54.9 Å². The number of amides is 2. The lowest BCUT2D eigenvalue weighted by Crippen LogP contribution is -2.69. The van der Waals surface area contributed by atoms with Gasteiger partial charge in [-0.2, -0.15) is 0 Å². The number of nitrogens with zero attached hydrogens (tertiary/aromatic N) is 2. The van der Waals surface area contributed by atoms with Crippen molar-refractivity contribution in [1.29, 1.82) is 0 Å². The lowest BCUT2D eigenvalue weighted by Gasteiger charge is -2.50. The third-order valence-corrected chi connectivity index (χ3v) is 5.61. The molecule has 1 fully saturated rings. The minimum absolute atomic E-state index is 0.0201. The number of fused-ring (bicyclic) bond motifs is 1. The molecule has 29 heavy (non-hydrogen) atoms. The second kappa shape index (κ2) is 8.03. The molecule has 1 unspecified atom stereocenters. The van der Waals surface area contributed by atoms with Crippen LogP contribution in [-0.4, -0.2) is 62.8 Å². The molecule has 2 heterocycles. The van der Waals surface area contributed by atoms with E-state index >= 15 is 0 Å². The van der Waals surface area contributed by atoms with Crippen molar-refractivity contribution in [2.45, 2.75) is 25.3 Å². The maximum atomic E-state index is 12.7. The Labute approximate surface area is 169 Å². The van der Waals surface area contributed by atoms with Gasteiger partial charge in [0.2, 0.25) is 12.7 Å². The molecule has 1 saturated heterocycles. The molecule has 2 N–H and O–H groups in total. The molecule has 0 saturated carbocycles. The number of phenols is 2. The molecule has 10 nitrogen and oxygen atoms in total. The zero-order chi connectivity index (χ0) is 21.3. The van der Waals surface area contributed by atoms with E-state index in [1.54, 1.807) is 0 Å². The molecule has 1 aromatic carbocycles. The Morgan fingerprint density at radius 3 is 2.62 bits per heavy atom. The lowest BCUT2D eigenvalue weighted by molar-refractivity contribution is -0.162. The first-order valence-corrected chi connectivity index (χ1v) is 9.52. The van der Waals surface area contributed by atoms with Crippen LogP contribution in [0.1, 0.15) is 13.8 Å². The van der Waals surface area contributed by atoms with Gasteiger partial charge in [-0.15, -0.1) is 11.8 Å². The van der Waals surface area contributed by atoms with E-state index in [1.807, 2.05) is 0 Å². The first-order chi connectivity index (χ1) is 13.7. The molecule has 0 radical (unpaired) electrons. The van der Waals surface area contributed by atoms with E-state index in [4.69, 9.17) is 4.74 Å². The summed E-state index contributed by atoms with van der Waals surface area (Å²) in [4.78, 5) is 50.1. The number of hydrogen-bond acceptors (Lipinski definition) is 9. The van der Waals surface area contributed by atoms with Gasteiger partial charge in [-0.1, -0.05) is 0 Å². The largest absolute Gasteiger partial charge is 0.508 e. The highest BCUT2D eigenvalue weighted by Gasteiger charge is 2.53. The molecule has 2 amide bonds. The third kappa shape index (κ3) is 3.99. The molecule has 2 aliphatic rings. The lowest BCUT2D eigenvalue weighted by atomic mass is 10.0. The van der Waals surface area contributed by atoms with Gasteiger partial charge >= 0.3 is 11.9 Å². The van der Waals surface area contributed by atoms with Crippen LogP contribution >= 0.6 is 11.8 Å². The van der Waals surface area contributed by atoms with Crippen LogP contribution in [0.4, 0.5) is 5.69 Å². The molecule has 11 heteroatoms. The fraction of sp³-hybridized carbons (Fsp3) is 0.333. The topological polar surface area (TPSA) is 134 Å². The Bertz CT molecular complexity index is 915. The fourth-order valence-corrected chi connectivity index (χ4v) is 4.28. The average Bonchev–Trinajstić information content (AvgIpc) is 2.66. The van der Waals surface area contributed by atoms with E-state index < -0.39 is 42.0 Å². The van der Waals surface area contributed by atoms with Crippen molar-refractivity contribution < 1.29 is 38.9 Å². The summed E-state index contributed by atoms with van der Waals surface area (Å²) in [6, 6.07) is 2.79. The van der Waals surface area contributed by atoms with Gasteiger partial charge in [0.05, 0.1) is 11.3 Å². The Balaban J connectivity index is 1.77. The number of carbonyl (C=O) groups excluding carboxylic acids is 4. The number of rotatable bonds is 5. The molecule has 3 rings (SSSR count). The van der Waals surface area contributed by atoms with Crippen LogP contribution in [0, 0.1) is 0 Å². The van der Waals surface area contributed by atoms with Crippen LogP contribution in [0.3, 0.4) is 0 Å². The summed E-state index contributed by atoms with van der Waals surface area (Å²) >= 11 is 1.24. The highest BCUT2D eigenvalue weighted by Crippen LogP contribution is 2.42. The van der Waals surface area contributed by atoms with E-state index in [0.29, 0.717) is 0 Å². The number of phenolic OH excluding ortho intramolecular Hbond substituents is 2. The Morgan fingerprint density at radius 2 is 1.97 bits per heavy atom. The van der Waals surface area contributed by atoms with Gasteiger partial charge in [-0.3, -0.25) is 19.3 Å². The second-order valence-corrected chi connectivity index (χ2v) is 7.40. The maximum absolute atomic E-state index is 12.7. The van der Waals surface area contributed by atoms with Crippen LogP contribution < -0.4 is 4.90 Å². The van der Waals surface area contributed by atoms with Gasteiger partial charge in [0.15, 0.2) is 0 Å². The van der Waals surface area contributed by atoms with Gasteiger partial charge in [0, 0.05) is 31.9 Å². The molecular formula is C18H18N2O8S. The molecular weight excluding hydrogens is 404 g/mol. The summed E-state index contributed by atoms with van der Waals surface area (Å²) in [5.74, 6) is -2.46. The molecule has 154 valence electrons. The van der Waals surface area contributed by atoms with Crippen molar-refractivity contribution in [3.63, 3.8) is 0 Å². The standard InChI is InChI=1S/C18H18N2O8S/c1-9(21)20(13-5-12(23)3-4-14(13)24)15-16(25)19-6-11(7-29-17(15)19)18(26)28-8-27-10(2)22/h3-6,15,17,23-24H,7-8H2,1-2H3/t15?,17-/m1/s1. The first kappa shape index (κ1) is 20.5. The molecule has 2 atom stereocenters. The number of aromatic hydroxyl groups is 2. The summed E-state index contributed by atoms with van der Waals surface area (Å²) in [5, 5.41) is 19.3. The highest BCUT2D eigenvalue weighted by atomic mass is 32.2. The van der Waals surface area contributed by atoms with Gasteiger partial charge in [0.1, 0.15) is 22.9 Å². The van der Waals surface area contributed by atoms with Crippen molar-refractivity contribution >= 4 is 41.2 Å². The van der Waals surface area contributed by atoms with Gasteiger partial charge in [-0.05, 0) is 12.1 Å². The number of benzene rings is 1. The van der Waals surface area contributed by atoms with E-state index in [0.717, 1.165) is 4.90 Å². The summed E-state index contributed by atoms with van der Waals surface area (Å²) in [5.41, 5.74) is 0.228. The van der Waals surface area contributed by atoms with E-state index in [2.05, 4.69) is 4.74 Å². The Hall–Kier alpha value is -3.21. The van der Waals surface area contributed by atoms with Crippen LogP contribution in [-0.2, 0) is 28.7 Å². The zero-order valence-corrected chi connectivity index (χ0v) is 16.3. The molecule has 0 spiro atoms. The van der Waals surface area contributed by atoms with E-state index in [9.17, 15) is 29.4 Å². The second-order valence-electron chi connectivity index (χ2n) is 6.29. The van der Waals surface area contributed by atoms with Crippen LogP contribution in [0.2, 0.25) is 0 Å². The summed E-state index contributed by atoms with van der Waals surface area (Å²) in [7, 11) is 0. The fourth-order valence-electron chi connectivity index (χ4n) is 2.99. The number of hydrogen-bond donors (Lipinski definition) is 2. The summed E-state index contributed by atoms with van der Waals surface area (Å²) in [6.45, 7) is 1.91. The van der Waals surface area contributed by atoms with Crippen molar-refractivity contribution in [2.24, 2.45) is 0 Å². The number of esters is 2. The maximum Gasteiger partial charge on any atom is 0.339 e. The number of β-lactam (4-membered cyclic amide) rings is 1. The molecule has 1 aromatic rings. The molecule has 0 aliphatic carbocycles. The third-order valence-electron chi connectivity index (χ3n) is 4.31. The molecule has 2 aliphatic heterocycles. The number of thioether (sulfide) groups is 1. The predicted octanol–water partition coefficient (Wildman–Crippen LogP) is 0.682. The predicted molar refractivity (Wildman–Crippen MR) is 101 cm³/mol. The normalized spacial score (nSPS) is 20.1. The van der Waals surface area contributed by atoms with E-state index in [-0.39, 0.29) is 28.5 Å². The van der Waals surface area contributed by atoms with Gasteiger partial charge in [0.25, 0.3) is 5.91 Å². The van der Waals surface area contributed by atoms with Gasteiger partial charge < -0.3 is 24.6 Å². The first-order valence-electron chi connectivity index (χ1n) is 8.47. The zero-order valence-electron chi connectivity index (χ0n) is 15.5. The minimum Gasteiger partial charge on any atom is -0.508 e. The highest BCUT2D eigenvalue weighted by molar-refractivity contribution is 8.00. The van der Waals surface area contributed by atoms with Gasteiger partial charge in [-0.25, -0.2) is 4.79 Å². The number of carbonyl (C=O) groups is 4. The quantitative estimate of drug-likeness (QED) is 0.304. The molecule has 0 aromatic heterocycles. The molecule has 0 bridgehead atoms. The van der Waals surface area contributed by atoms with Crippen molar-refractivity contribution in [2.75, 3.05) is 17.4 Å². The van der Waals surface area contributed by atoms with Crippen molar-refractivity contribution in [3.05, 3.63) is 30.0 Å². The SMILES string of the molecule is CC(=O)OCOC(=O)C1=CN2C(=O)C(N(C(C)=O)c3cc(O)ccc3O)[C@H]2SC1. The van der Waals surface area contributed by atoms with Crippen molar-refractivity contribution in [1.82, 2.24) is 4.90 Å². The Morgan fingerprint density at radius 1 is 1.24 bits per heavy atom. The monoisotopic (exact) mass is 422 g/mol. The number of ether oxygens (including phenoxy) is 2. The smallest absolute Gasteiger partial charge is 0.339 e. The minimum atomic E-state index is -0.903. The Kier molecular flexibility index (Phi) is 5.69. The van der Waals surface area contributed by atoms with Crippen LogP contribution in [0.25, 0.3) is 0 Å². The summed E-state index contributed by atoms with van der Waals surface area (Å²) in [6.07, 6.45) is 1.34. The average molecular weight is 422 g/mol.